The van der Waals surface area contributed by atoms with Crippen molar-refractivity contribution in [3.05, 3.63) is 71.1 Å². The molecule has 0 aliphatic rings. The van der Waals surface area contributed by atoms with Crippen LogP contribution in [-0.2, 0) is 6.54 Å². The summed E-state index contributed by atoms with van der Waals surface area (Å²) >= 11 is 6.24. The fourth-order valence-electron chi connectivity index (χ4n) is 2.37. The quantitative estimate of drug-likeness (QED) is 0.795. The molecule has 3 rings (SSSR count). The first-order chi connectivity index (χ1) is 10.2. The van der Waals surface area contributed by atoms with E-state index in [1.807, 2.05) is 54.1 Å². The standard InChI is InChI=1S/C17H16ClN3/c1-12-6-7-13(8-15(12)18)17-10-20-11-21(17)16-5-3-2-4-14(16)9-19/h2-8,10-11H,9,19H2,1H3. The third-order valence-corrected chi connectivity index (χ3v) is 3.98. The third kappa shape index (κ3) is 2.58. The van der Waals surface area contributed by atoms with Gasteiger partial charge in [-0.2, -0.15) is 0 Å². The molecule has 3 nitrogen and oxygen atoms in total. The minimum Gasteiger partial charge on any atom is -0.326 e. The second-order valence-corrected chi connectivity index (χ2v) is 5.35. The van der Waals surface area contributed by atoms with Gasteiger partial charge in [0, 0.05) is 17.1 Å². The second-order valence-electron chi connectivity index (χ2n) is 4.95. The molecule has 0 spiro atoms. The van der Waals surface area contributed by atoms with E-state index in [-0.39, 0.29) is 0 Å². The third-order valence-electron chi connectivity index (χ3n) is 3.58. The molecule has 0 aliphatic heterocycles. The molecule has 2 N–H and O–H groups in total. The van der Waals surface area contributed by atoms with Gasteiger partial charge in [0.05, 0.1) is 23.9 Å². The molecule has 1 aromatic heterocycles. The number of hydrogen-bond donors (Lipinski definition) is 1. The Hall–Kier alpha value is -2.10. The van der Waals surface area contributed by atoms with Crippen LogP contribution in [-0.4, -0.2) is 9.55 Å². The number of nitrogens with two attached hydrogens (primary N) is 1. The van der Waals surface area contributed by atoms with Crippen LogP contribution in [0.25, 0.3) is 16.9 Å². The number of nitrogens with zero attached hydrogens (tertiary/aromatic N) is 2. The zero-order valence-electron chi connectivity index (χ0n) is 11.8. The first-order valence-corrected chi connectivity index (χ1v) is 7.15. The molecule has 21 heavy (non-hydrogen) atoms. The van der Waals surface area contributed by atoms with Crippen LogP contribution in [0, 0.1) is 6.92 Å². The van der Waals surface area contributed by atoms with Gasteiger partial charge in [-0.15, -0.1) is 0 Å². The van der Waals surface area contributed by atoms with Gasteiger partial charge in [0.2, 0.25) is 0 Å². The maximum absolute atomic E-state index is 6.24. The number of halogens is 1. The van der Waals surface area contributed by atoms with Gasteiger partial charge in [-0.3, -0.25) is 4.57 Å². The van der Waals surface area contributed by atoms with Crippen LogP contribution in [0.4, 0.5) is 0 Å². The Labute approximate surface area is 129 Å². The Balaban J connectivity index is 2.15. The van der Waals surface area contributed by atoms with E-state index in [0.29, 0.717) is 6.54 Å². The van der Waals surface area contributed by atoms with Crippen molar-refractivity contribution in [2.24, 2.45) is 5.73 Å². The van der Waals surface area contributed by atoms with Crippen molar-refractivity contribution in [3.63, 3.8) is 0 Å². The van der Waals surface area contributed by atoms with Crippen molar-refractivity contribution < 1.29 is 0 Å². The van der Waals surface area contributed by atoms with E-state index in [4.69, 9.17) is 17.3 Å². The molecule has 0 fully saturated rings. The molecule has 4 heteroatoms. The average Bonchev–Trinajstić information content (AvgIpc) is 2.99. The van der Waals surface area contributed by atoms with Gasteiger partial charge in [0.25, 0.3) is 0 Å². The molecule has 0 unspecified atom stereocenters. The van der Waals surface area contributed by atoms with Crippen LogP contribution >= 0.6 is 11.6 Å². The number of aromatic nitrogens is 2. The topological polar surface area (TPSA) is 43.8 Å². The summed E-state index contributed by atoms with van der Waals surface area (Å²) in [5, 5.41) is 0.757. The zero-order valence-corrected chi connectivity index (χ0v) is 12.5. The van der Waals surface area contributed by atoms with Crippen molar-refractivity contribution in [1.82, 2.24) is 9.55 Å². The molecule has 106 valence electrons. The SMILES string of the molecule is Cc1ccc(-c2cncn2-c2ccccc2CN)cc1Cl. The lowest BCUT2D eigenvalue weighted by Gasteiger charge is -2.12. The van der Waals surface area contributed by atoms with Gasteiger partial charge in [-0.1, -0.05) is 41.9 Å². The van der Waals surface area contributed by atoms with E-state index in [0.717, 1.165) is 33.1 Å². The largest absolute Gasteiger partial charge is 0.326 e. The highest BCUT2D eigenvalue weighted by Crippen LogP contribution is 2.28. The van der Waals surface area contributed by atoms with Crippen LogP contribution in [0.1, 0.15) is 11.1 Å². The molecule has 0 bridgehead atoms. The van der Waals surface area contributed by atoms with Crippen LogP contribution in [0.5, 0.6) is 0 Å². The summed E-state index contributed by atoms with van der Waals surface area (Å²) in [4.78, 5) is 4.28. The summed E-state index contributed by atoms with van der Waals surface area (Å²) in [5.74, 6) is 0. The lowest BCUT2D eigenvalue weighted by Crippen LogP contribution is -2.04. The molecule has 0 saturated carbocycles. The Bertz CT molecular complexity index is 777. The Morgan fingerprint density at radius 3 is 2.76 bits per heavy atom. The number of benzene rings is 2. The normalized spacial score (nSPS) is 10.8. The summed E-state index contributed by atoms with van der Waals surface area (Å²) in [7, 11) is 0. The zero-order chi connectivity index (χ0) is 14.8. The molecule has 0 amide bonds. The molecule has 1 heterocycles. The first kappa shape index (κ1) is 13.9. The van der Waals surface area contributed by atoms with Crippen molar-refractivity contribution in [2.75, 3.05) is 0 Å². The fraction of sp³-hybridized carbons (Fsp3) is 0.118. The smallest absolute Gasteiger partial charge is 0.0997 e. The molecule has 0 radical (unpaired) electrons. The van der Waals surface area contributed by atoms with E-state index in [2.05, 4.69) is 11.1 Å². The van der Waals surface area contributed by atoms with Gasteiger partial charge in [0.15, 0.2) is 0 Å². The lowest BCUT2D eigenvalue weighted by molar-refractivity contribution is 0.987. The summed E-state index contributed by atoms with van der Waals surface area (Å²) in [5.41, 5.74) is 11.1. The number of aryl methyl sites for hydroxylation is 1. The second kappa shape index (κ2) is 5.72. The van der Waals surface area contributed by atoms with Crippen molar-refractivity contribution >= 4 is 11.6 Å². The Morgan fingerprint density at radius 2 is 2.00 bits per heavy atom. The van der Waals surface area contributed by atoms with Crippen LogP contribution in [0.15, 0.2) is 55.0 Å². The minimum atomic E-state index is 0.489. The molecule has 0 atom stereocenters. The molecule has 2 aromatic carbocycles. The monoisotopic (exact) mass is 297 g/mol. The maximum atomic E-state index is 6.24. The predicted molar refractivity (Wildman–Crippen MR) is 86.6 cm³/mol. The van der Waals surface area contributed by atoms with E-state index < -0.39 is 0 Å². The highest BCUT2D eigenvalue weighted by molar-refractivity contribution is 6.31. The number of hydrogen-bond acceptors (Lipinski definition) is 2. The molecular weight excluding hydrogens is 282 g/mol. The van der Waals surface area contributed by atoms with Crippen molar-refractivity contribution in [3.8, 4) is 16.9 Å². The predicted octanol–water partition coefficient (Wildman–Crippen LogP) is 3.96. The fourth-order valence-corrected chi connectivity index (χ4v) is 2.55. The Morgan fingerprint density at radius 1 is 1.19 bits per heavy atom. The minimum absolute atomic E-state index is 0.489. The van der Waals surface area contributed by atoms with E-state index in [1.165, 1.54) is 0 Å². The summed E-state index contributed by atoms with van der Waals surface area (Å²) in [6, 6.07) is 14.1. The summed E-state index contributed by atoms with van der Waals surface area (Å²) in [6.07, 6.45) is 3.64. The number of imidazole rings is 1. The molecule has 3 aromatic rings. The van der Waals surface area contributed by atoms with Crippen molar-refractivity contribution in [2.45, 2.75) is 13.5 Å². The van der Waals surface area contributed by atoms with Gasteiger partial charge in [-0.05, 0) is 30.2 Å². The number of para-hydroxylation sites is 1. The van der Waals surface area contributed by atoms with E-state index in [1.54, 1.807) is 6.33 Å². The summed E-state index contributed by atoms with van der Waals surface area (Å²) < 4.78 is 2.04. The van der Waals surface area contributed by atoms with Gasteiger partial charge >= 0.3 is 0 Å². The summed E-state index contributed by atoms with van der Waals surface area (Å²) in [6.45, 7) is 2.48. The van der Waals surface area contributed by atoms with Gasteiger partial charge in [-0.25, -0.2) is 4.98 Å². The van der Waals surface area contributed by atoms with E-state index >= 15 is 0 Å². The maximum Gasteiger partial charge on any atom is 0.0997 e. The molecule has 0 aliphatic carbocycles. The van der Waals surface area contributed by atoms with E-state index in [9.17, 15) is 0 Å². The van der Waals surface area contributed by atoms with Crippen LogP contribution in [0.2, 0.25) is 5.02 Å². The lowest BCUT2D eigenvalue weighted by atomic mass is 10.1. The van der Waals surface area contributed by atoms with Crippen molar-refractivity contribution in [1.29, 1.82) is 0 Å². The average molecular weight is 298 g/mol. The van der Waals surface area contributed by atoms with Crippen LogP contribution < -0.4 is 5.73 Å². The van der Waals surface area contributed by atoms with Gasteiger partial charge < -0.3 is 5.73 Å². The molecule has 0 saturated heterocycles. The first-order valence-electron chi connectivity index (χ1n) is 6.78. The molecular formula is C17H16ClN3. The highest BCUT2D eigenvalue weighted by atomic mass is 35.5. The highest BCUT2D eigenvalue weighted by Gasteiger charge is 2.10. The van der Waals surface area contributed by atoms with Crippen LogP contribution in [0.3, 0.4) is 0 Å². The van der Waals surface area contributed by atoms with Gasteiger partial charge in [0.1, 0.15) is 0 Å². The Kier molecular flexibility index (Phi) is 3.78. The number of rotatable bonds is 3.